The molecule has 0 saturated heterocycles. The van der Waals surface area contributed by atoms with E-state index in [0.29, 0.717) is 22.2 Å². The number of thiophene rings is 1. The summed E-state index contributed by atoms with van der Waals surface area (Å²) in [5, 5.41) is 34.7. The highest BCUT2D eigenvalue weighted by Crippen LogP contribution is 2.48. The number of dihydropyridines is 1. The Morgan fingerprint density at radius 2 is 2.10 bits per heavy atom. The summed E-state index contributed by atoms with van der Waals surface area (Å²) in [5.41, 5.74) is 2.07. The highest BCUT2D eigenvalue weighted by Gasteiger charge is 2.43. The van der Waals surface area contributed by atoms with E-state index >= 15 is 0 Å². The van der Waals surface area contributed by atoms with Crippen LogP contribution in [0.5, 0.6) is 0 Å². The number of nitrogens with zero attached hydrogens (tertiary/aromatic N) is 1. The first kappa shape index (κ1) is 19.2. The standard InChI is InChI=1S/C21H18N2O5S/c1-28-21(27)17-15(13-9-29-19-11(7-22)3-2-4-12(13)19)16(20(25)26)14(8-24)23-18(17)10-5-6-10/h2-4,9-10,15,23-24H,5-6,8H2,1H3,(H,25,26). The van der Waals surface area contributed by atoms with Crippen LogP contribution >= 0.6 is 11.3 Å². The number of carboxylic acid groups (broad SMARTS) is 1. The van der Waals surface area contributed by atoms with E-state index in [1.165, 1.54) is 18.4 Å². The zero-order chi connectivity index (χ0) is 20.7. The molecule has 1 aliphatic carbocycles. The number of carbonyl (C=O) groups excluding carboxylic acids is 1. The fourth-order valence-corrected chi connectivity index (χ4v) is 4.94. The summed E-state index contributed by atoms with van der Waals surface area (Å²) in [5.74, 6) is -2.63. The van der Waals surface area contributed by atoms with Crippen molar-refractivity contribution in [1.82, 2.24) is 5.32 Å². The van der Waals surface area contributed by atoms with Gasteiger partial charge in [-0.15, -0.1) is 11.3 Å². The Labute approximate surface area is 170 Å². The minimum atomic E-state index is -1.22. The molecule has 1 fully saturated rings. The van der Waals surface area contributed by atoms with Gasteiger partial charge in [-0.05, 0) is 41.2 Å². The van der Waals surface area contributed by atoms with Crippen molar-refractivity contribution in [2.75, 3.05) is 13.7 Å². The van der Waals surface area contributed by atoms with E-state index < -0.39 is 24.5 Å². The number of nitriles is 1. The Hall–Kier alpha value is -3.15. The SMILES string of the molecule is COC(=O)C1=C(C2CC2)NC(CO)=C(C(=O)O)C1c1csc2c(C#N)cccc12. The molecule has 0 amide bonds. The molecule has 8 heteroatoms. The normalized spacial score (nSPS) is 19.1. The predicted molar refractivity (Wildman–Crippen MR) is 106 cm³/mol. The lowest BCUT2D eigenvalue weighted by Crippen LogP contribution is -2.35. The minimum Gasteiger partial charge on any atom is -0.478 e. The molecule has 7 nitrogen and oxygen atoms in total. The first-order chi connectivity index (χ1) is 14.0. The average molecular weight is 410 g/mol. The molecule has 1 saturated carbocycles. The Balaban J connectivity index is 2.03. The fourth-order valence-electron chi connectivity index (χ4n) is 3.88. The molecule has 2 aromatic rings. The van der Waals surface area contributed by atoms with Crippen molar-refractivity contribution in [3.63, 3.8) is 0 Å². The van der Waals surface area contributed by atoms with Gasteiger partial charge in [-0.1, -0.05) is 12.1 Å². The van der Waals surface area contributed by atoms with Gasteiger partial charge in [-0.25, -0.2) is 9.59 Å². The van der Waals surface area contributed by atoms with Gasteiger partial charge >= 0.3 is 11.9 Å². The van der Waals surface area contributed by atoms with Crippen LogP contribution in [0.1, 0.15) is 29.9 Å². The third kappa shape index (κ3) is 3.09. The largest absolute Gasteiger partial charge is 0.478 e. The first-order valence-electron chi connectivity index (χ1n) is 9.08. The maximum atomic E-state index is 12.8. The number of ether oxygens (including phenoxy) is 1. The molecule has 3 N–H and O–H groups in total. The van der Waals surface area contributed by atoms with Crippen LogP contribution < -0.4 is 5.32 Å². The zero-order valence-corrected chi connectivity index (χ0v) is 16.4. The second-order valence-corrected chi connectivity index (χ2v) is 7.87. The van der Waals surface area contributed by atoms with Gasteiger partial charge in [0.2, 0.25) is 0 Å². The van der Waals surface area contributed by atoms with Gasteiger partial charge in [0.05, 0.1) is 46.7 Å². The molecular weight excluding hydrogens is 392 g/mol. The Bertz CT molecular complexity index is 1130. The molecular formula is C21H18N2O5S. The van der Waals surface area contributed by atoms with E-state index in [1.54, 1.807) is 17.5 Å². The number of methoxy groups -OCH3 is 1. The third-order valence-corrected chi connectivity index (χ3v) is 6.37. The summed E-state index contributed by atoms with van der Waals surface area (Å²) >= 11 is 1.33. The lowest BCUT2D eigenvalue weighted by atomic mass is 9.79. The predicted octanol–water partition coefficient (Wildman–Crippen LogP) is 2.63. The second kappa shape index (κ2) is 7.35. The molecule has 29 heavy (non-hydrogen) atoms. The number of aliphatic hydroxyl groups is 1. The molecule has 1 aliphatic heterocycles. The number of rotatable bonds is 5. The average Bonchev–Trinajstić information content (AvgIpc) is 3.49. The van der Waals surface area contributed by atoms with E-state index in [9.17, 15) is 25.1 Å². The molecule has 2 aliphatic rings. The van der Waals surface area contributed by atoms with Gasteiger partial charge in [0.15, 0.2) is 0 Å². The van der Waals surface area contributed by atoms with E-state index in [2.05, 4.69) is 11.4 Å². The van der Waals surface area contributed by atoms with E-state index in [4.69, 9.17) is 4.74 Å². The number of aliphatic hydroxyl groups excluding tert-OH is 1. The number of esters is 1. The van der Waals surface area contributed by atoms with Gasteiger partial charge in [-0.2, -0.15) is 5.26 Å². The van der Waals surface area contributed by atoms with Gasteiger partial charge in [0, 0.05) is 5.70 Å². The van der Waals surface area contributed by atoms with Crippen LogP contribution in [0.15, 0.2) is 46.1 Å². The van der Waals surface area contributed by atoms with Crippen LogP contribution in [-0.2, 0) is 14.3 Å². The zero-order valence-electron chi connectivity index (χ0n) is 15.6. The molecule has 0 spiro atoms. The van der Waals surface area contributed by atoms with Gasteiger partial charge < -0.3 is 20.3 Å². The van der Waals surface area contributed by atoms with Crippen molar-refractivity contribution in [2.24, 2.45) is 5.92 Å². The summed E-state index contributed by atoms with van der Waals surface area (Å²) in [4.78, 5) is 25.0. The van der Waals surface area contributed by atoms with Gasteiger partial charge in [0.25, 0.3) is 0 Å². The number of hydrogen-bond donors (Lipinski definition) is 3. The van der Waals surface area contributed by atoms with E-state index in [1.807, 2.05) is 6.07 Å². The molecule has 1 aromatic carbocycles. The number of hydrogen-bond acceptors (Lipinski definition) is 7. The molecule has 0 bridgehead atoms. The summed E-state index contributed by atoms with van der Waals surface area (Å²) in [6.07, 6.45) is 1.75. The lowest BCUT2D eigenvalue weighted by Gasteiger charge is -2.31. The number of aliphatic carboxylic acids is 1. The van der Waals surface area contributed by atoms with Crippen molar-refractivity contribution in [3.05, 3.63) is 57.2 Å². The van der Waals surface area contributed by atoms with Crippen LogP contribution in [0.4, 0.5) is 0 Å². The summed E-state index contributed by atoms with van der Waals surface area (Å²) in [6.45, 7) is -0.492. The highest BCUT2D eigenvalue weighted by molar-refractivity contribution is 7.17. The quantitative estimate of drug-likeness (QED) is 0.648. The molecule has 1 atom stereocenters. The van der Waals surface area contributed by atoms with Gasteiger partial charge in [0.1, 0.15) is 6.07 Å². The molecule has 0 radical (unpaired) electrons. The molecule has 2 heterocycles. The van der Waals surface area contributed by atoms with Gasteiger partial charge in [-0.3, -0.25) is 0 Å². The van der Waals surface area contributed by atoms with E-state index in [-0.39, 0.29) is 22.8 Å². The number of carbonyl (C=O) groups is 2. The van der Waals surface area contributed by atoms with Crippen molar-refractivity contribution in [1.29, 1.82) is 5.26 Å². The smallest absolute Gasteiger partial charge is 0.336 e. The number of nitrogens with one attached hydrogen (secondary N) is 1. The molecule has 1 unspecified atom stereocenters. The van der Waals surface area contributed by atoms with Crippen LogP contribution in [-0.4, -0.2) is 35.9 Å². The number of carboxylic acids is 1. The van der Waals surface area contributed by atoms with Crippen molar-refractivity contribution >= 4 is 33.4 Å². The maximum Gasteiger partial charge on any atom is 0.336 e. The van der Waals surface area contributed by atoms with Crippen molar-refractivity contribution < 1.29 is 24.5 Å². The molecule has 1 aromatic heterocycles. The Morgan fingerprint density at radius 3 is 2.69 bits per heavy atom. The highest BCUT2D eigenvalue weighted by atomic mass is 32.1. The summed E-state index contributed by atoms with van der Waals surface area (Å²) in [6, 6.07) is 7.40. The Kier molecular flexibility index (Phi) is 4.86. The number of fused-ring (bicyclic) bond motifs is 1. The first-order valence-corrected chi connectivity index (χ1v) is 9.96. The van der Waals surface area contributed by atoms with Crippen LogP contribution in [0, 0.1) is 17.2 Å². The monoisotopic (exact) mass is 410 g/mol. The van der Waals surface area contributed by atoms with Crippen molar-refractivity contribution in [3.8, 4) is 6.07 Å². The van der Waals surface area contributed by atoms with Crippen LogP contribution in [0.2, 0.25) is 0 Å². The number of allylic oxidation sites excluding steroid dienone is 1. The second-order valence-electron chi connectivity index (χ2n) is 6.99. The summed E-state index contributed by atoms with van der Waals surface area (Å²) < 4.78 is 5.75. The molecule has 148 valence electrons. The lowest BCUT2D eigenvalue weighted by molar-refractivity contribution is -0.136. The Morgan fingerprint density at radius 1 is 1.34 bits per heavy atom. The van der Waals surface area contributed by atoms with Crippen molar-refractivity contribution in [2.45, 2.75) is 18.8 Å². The fraction of sp³-hybridized carbons (Fsp3) is 0.286. The topological polar surface area (TPSA) is 120 Å². The third-order valence-electron chi connectivity index (χ3n) is 5.32. The van der Waals surface area contributed by atoms with Crippen LogP contribution in [0.3, 0.4) is 0 Å². The van der Waals surface area contributed by atoms with E-state index in [0.717, 1.165) is 17.5 Å². The number of benzene rings is 1. The molecule has 4 rings (SSSR count). The maximum absolute atomic E-state index is 12.8. The van der Waals surface area contributed by atoms with Crippen LogP contribution in [0.25, 0.3) is 10.1 Å². The summed E-state index contributed by atoms with van der Waals surface area (Å²) in [7, 11) is 1.27. The minimum absolute atomic E-state index is 0.0839.